The van der Waals surface area contributed by atoms with Gasteiger partial charge in [-0.05, 0) is 12.3 Å². The SMILES string of the molecule is CSc1nc(C(F)(F)F)nn1-c1ncc(C(F)(F)F)cc1Cl. The first-order chi connectivity index (χ1) is 10.0. The number of hydrogen-bond acceptors (Lipinski definition) is 4. The van der Waals surface area contributed by atoms with Crippen LogP contribution in [0.5, 0.6) is 0 Å². The van der Waals surface area contributed by atoms with Crippen LogP contribution < -0.4 is 0 Å². The Balaban J connectivity index is 2.55. The van der Waals surface area contributed by atoms with Crippen LogP contribution in [0.2, 0.25) is 5.02 Å². The van der Waals surface area contributed by atoms with E-state index in [1.807, 2.05) is 0 Å². The molecule has 0 bridgehead atoms. The topological polar surface area (TPSA) is 43.6 Å². The van der Waals surface area contributed by atoms with Gasteiger partial charge >= 0.3 is 12.4 Å². The molecule has 22 heavy (non-hydrogen) atoms. The lowest BCUT2D eigenvalue weighted by Gasteiger charge is -2.09. The second kappa shape index (κ2) is 5.61. The summed E-state index contributed by atoms with van der Waals surface area (Å²) in [6, 6.07) is 0.558. The highest BCUT2D eigenvalue weighted by atomic mass is 35.5. The van der Waals surface area contributed by atoms with Crippen LogP contribution in [-0.2, 0) is 12.4 Å². The van der Waals surface area contributed by atoms with Gasteiger partial charge in [-0.1, -0.05) is 23.4 Å². The molecule has 0 saturated carbocycles. The fourth-order valence-electron chi connectivity index (χ4n) is 1.43. The fourth-order valence-corrected chi connectivity index (χ4v) is 2.15. The van der Waals surface area contributed by atoms with Crippen molar-refractivity contribution >= 4 is 23.4 Å². The van der Waals surface area contributed by atoms with Crippen LogP contribution in [-0.4, -0.2) is 26.0 Å². The number of nitrogens with zero attached hydrogens (tertiary/aromatic N) is 4. The van der Waals surface area contributed by atoms with E-state index in [4.69, 9.17) is 11.6 Å². The van der Waals surface area contributed by atoms with Crippen molar-refractivity contribution in [3.63, 3.8) is 0 Å². The standard InChI is InChI=1S/C10H5ClF6N4S/c1-22-8-19-7(10(15,16)17)20-21(8)6-5(11)2-4(3-18-6)9(12,13)14/h2-3H,1H3. The van der Waals surface area contributed by atoms with Gasteiger partial charge < -0.3 is 0 Å². The molecule has 0 aliphatic carbocycles. The average Bonchev–Trinajstić information content (AvgIpc) is 2.81. The first-order valence-electron chi connectivity index (χ1n) is 5.35. The normalized spacial score (nSPS) is 12.7. The molecule has 0 aromatic carbocycles. The maximum atomic E-state index is 12.6. The van der Waals surface area contributed by atoms with Gasteiger partial charge in [0.2, 0.25) is 0 Å². The van der Waals surface area contributed by atoms with Crippen LogP contribution in [0.1, 0.15) is 11.4 Å². The van der Waals surface area contributed by atoms with Gasteiger partial charge in [-0.3, -0.25) is 0 Å². The molecule has 0 radical (unpaired) electrons. The zero-order valence-electron chi connectivity index (χ0n) is 10.5. The molecule has 0 aliphatic rings. The van der Waals surface area contributed by atoms with Crippen molar-refractivity contribution in [2.24, 2.45) is 0 Å². The van der Waals surface area contributed by atoms with Gasteiger partial charge in [0.05, 0.1) is 10.6 Å². The number of aromatic nitrogens is 4. The molecule has 0 saturated heterocycles. The smallest absolute Gasteiger partial charge is 0.235 e. The Morgan fingerprint density at radius 2 is 1.77 bits per heavy atom. The molecule has 2 rings (SSSR count). The third-order valence-electron chi connectivity index (χ3n) is 2.36. The fraction of sp³-hybridized carbons (Fsp3) is 0.300. The van der Waals surface area contributed by atoms with E-state index in [0.717, 1.165) is 11.8 Å². The molecule has 0 unspecified atom stereocenters. The van der Waals surface area contributed by atoms with E-state index in [9.17, 15) is 26.3 Å². The van der Waals surface area contributed by atoms with Gasteiger partial charge in [0, 0.05) is 6.20 Å². The highest BCUT2D eigenvalue weighted by Crippen LogP contribution is 2.34. The summed E-state index contributed by atoms with van der Waals surface area (Å²) in [5, 5.41) is 2.50. The van der Waals surface area contributed by atoms with Crippen molar-refractivity contribution in [1.82, 2.24) is 19.7 Å². The van der Waals surface area contributed by atoms with Crippen LogP contribution in [0, 0.1) is 0 Å². The van der Waals surface area contributed by atoms with Crippen molar-refractivity contribution in [2.75, 3.05) is 6.26 Å². The van der Waals surface area contributed by atoms with E-state index in [0.29, 0.717) is 16.9 Å². The quantitative estimate of drug-likeness (QED) is 0.596. The Morgan fingerprint density at radius 1 is 1.14 bits per heavy atom. The van der Waals surface area contributed by atoms with Gasteiger partial charge in [0.25, 0.3) is 5.82 Å². The summed E-state index contributed by atoms with van der Waals surface area (Å²) in [6.07, 6.45) is -7.58. The van der Waals surface area contributed by atoms with Gasteiger partial charge in [-0.25, -0.2) is 4.98 Å². The van der Waals surface area contributed by atoms with Crippen LogP contribution >= 0.6 is 23.4 Å². The predicted octanol–water partition coefficient (Wildman–Crippen LogP) is 4.08. The highest BCUT2D eigenvalue weighted by molar-refractivity contribution is 7.98. The minimum absolute atomic E-state index is 0.207. The van der Waals surface area contributed by atoms with Gasteiger partial charge in [-0.15, -0.1) is 5.10 Å². The largest absolute Gasteiger partial charge is 0.453 e. The molecule has 4 nitrogen and oxygen atoms in total. The first kappa shape index (κ1) is 16.9. The third kappa shape index (κ3) is 3.29. The number of alkyl halides is 6. The van der Waals surface area contributed by atoms with E-state index in [-0.39, 0.29) is 11.0 Å². The molecule has 2 aromatic rings. The second-order valence-corrected chi connectivity index (χ2v) is 5.04. The number of halogens is 7. The van der Waals surface area contributed by atoms with Crippen LogP contribution in [0.3, 0.4) is 0 Å². The zero-order valence-corrected chi connectivity index (χ0v) is 12.1. The summed E-state index contributed by atoms with van der Waals surface area (Å²) in [6.45, 7) is 0. The van der Waals surface area contributed by atoms with Crippen molar-refractivity contribution in [3.05, 3.63) is 28.7 Å². The lowest BCUT2D eigenvalue weighted by atomic mass is 10.3. The molecule has 0 amide bonds. The molecule has 0 atom stereocenters. The molecule has 0 N–H and O–H groups in total. The van der Waals surface area contributed by atoms with Gasteiger partial charge in [0.15, 0.2) is 11.0 Å². The van der Waals surface area contributed by atoms with E-state index in [2.05, 4.69) is 15.1 Å². The van der Waals surface area contributed by atoms with Gasteiger partial charge in [-0.2, -0.15) is 36.0 Å². The third-order valence-corrected chi connectivity index (χ3v) is 3.27. The summed E-state index contributed by atoms with van der Waals surface area (Å²) in [5.74, 6) is -1.81. The maximum Gasteiger partial charge on any atom is 0.453 e. The van der Waals surface area contributed by atoms with E-state index >= 15 is 0 Å². The minimum atomic E-state index is -4.80. The summed E-state index contributed by atoms with van der Waals surface area (Å²) in [7, 11) is 0. The monoisotopic (exact) mass is 362 g/mol. The van der Waals surface area contributed by atoms with E-state index < -0.39 is 28.8 Å². The Labute approximate surface area is 128 Å². The molecule has 2 aromatic heterocycles. The summed E-state index contributed by atoms with van der Waals surface area (Å²) < 4.78 is 76.0. The Kier molecular flexibility index (Phi) is 4.30. The van der Waals surface area contributed by atoms with Gasteiger partial charge in [0.1, 0.15) is 0 Å². The van der Waals surface area contributed by atoms with Crippen LogP contribution in [0.4, 0.5) is 26.3 Å². The molecular weight excluding hydrogens is 358 g/mol. The molecule has 0 fully saturated rings. The summed E-state index contributed by atoms with van der Waals surface area (Å²) in [5.41, 5.74) is -1.12. The van der Waals surface area contributed by atoms with Crippen molar-refractivity contribution < 1.29 is 26.3 Å². The molecule has 120 valence electrons. The van der Waals surface area contributed by atoms with Crippen molar-refractivity contribution in [1.29, 1.82) is 0 Å². The highest BCUT2D eigenvalue weighted by Gasteiger charge is 2.38. The first-order valence-corrected chi connectivity index (χ1v) is 6.95. The van der Waals surface area contributed by atoms with Crippen LogP contribution in [0.25, 0.3) is 5.82 Å². The molecule has 0 aliphatic heterocycles. The van der Waals surface area contributed by atoms with Crippen LogP contribution in [0.15, 0.2) is 17.4 Å². The number of thioether (sulfide) groups is 1. The molecular formula is C10H5ClF6N4S. The van der Waals surface area contributed by atoms with E-state index in [1.165, 1.54) is 6.26 Å². The lowest BCUT2D eigenvalue weighted by Crippen LogP contribution is -2.10. The predicted molar refractivity (Wildman–Crippen MR) is 65.9 cm³/mol. The van der Waals surface area contributed by atoms with E-state index in [1.54, 1.807) is 0 Å². The van der Waals surface area contributed by atoms with Crippen molar-refractivity contribution in [3.8, 4) is 5.82 Å². The summed E-state index contributed by atoms with van der Waals surface area (Å²) in [4.78, 5) is 6.70. The maximum absolute atomic E-state index is 12.6. The Morgan fingerprint density at radius 3 is 2.23 bits per heavy atom. The average molecular weight is 363 g/mol. The van der Waals surface area contributed by atoms with Crippen molar-refractivity contribution in [2.45, 2.75) is 17.5 Å². The Hall–Kier alpha value is -1.49. The number of hydrogen-bond donors (Lipinski definition) is 0. The second-order valence-electron chi connectivity index (χ2n) is 3.86. The molecule has 12 heteroatoms. The number of rotatable bonds is 2. The lowest BCUT2D eigenvalue weighted by molar-refractivity contribution is -0.145. The summed E-state index contributed by atoms with van der Waals surface area (Å²) >= 11 is 6.49. The number of pyridine rings is 1. The molecule has 0 spiro atoms. The molecule has 2 heterocycles. The Bertz CT molecular complexity index is 696. The minimum Gasteiger partial charge on any atom is -0.235 e. The zero-order chi connectivity index (χ0) is 16.7.